The Bertz CT molecular complexity index is 573. The second kappa shape index (κ2) is 13.8. The van der Waals surface area contributed by atoms with E-state index in [1.165, 1.54) is 25.9 Å². The van der Waals surface area contributed by atoms with Crippen molar-refractivity contribution < 1.29 is 4.74 Å². The molecule has 1 atom stereocenters. The van der Waals surface area contributed by atoms with E-state index in [0.717, 1.165) is 36.9 Å². The van der Waals surface area contributed by atoms with E-state index in [1.807, 2.05) is 18.2 Å². The summed E-state index contributed by atoms with van der Waals surface area (Å²) in [4.78, 5) is 7.29. The van der Waals surface area contributed by atoms with E-state index in [9.17, 15) is 0 Å². The summed E-state index contributed by atoms with van der Waals surface area (Å²) >= 11 is 0. The molecule has 1 aromatic carbocycles. The average Bonchev–Trinajstić information content (AvgIpc) is 3.16. The molecule has 0 radical (unpaired) electrons. The summed E-state index contributed by atoms with van der Waals surface area (Å²) < 4.78 is 5.72. The van der Waals surface area contributed by atoms with Crippen molar-refractivity contribution in [1.29, 1.82) is 0 Å². The Morgan fingerprint density at radius 2 is 2.04 bits per heavy atom. The first-order valence-corrected chi connectivity index (χ1v) is 9.79. The Hall–Kier alpha value is -1.28. The van der Waals surface area contributed by atoms with Crippen molar-refractivity contribution in [3.63, 3.8) is 0 Å². The number of hydrogen-bond acceptors (Lipinski definition) is 3. The maximum atomic E-state index is 5.72. The van der Waals surface area contributed by atoms with Crippen LogP contribution in [0.3, 0.4) is 0 Å². The fourth-order valence-corrected chi connectivity index (χ4v) is 3.17. The lowest BCUT2D eigenvalue weighted by atomic mass is 10.1. The third kappa shape index (κ3) is 8.97. The van der Waals surface area contributed by atoms with Crippen LogP contribution in [-0.4, -0.2) is 50.2 Å². The predicted molar refractivity (Wildman–Crippen MR) is 125 cm³/mol. The summed E-state index contributed by atoms with van der Waals surface area (Å²) in [5.41, 5.74) is 1.08. The molecule has 0 spiro atoms. The lowest BCUT2D eigenvalue weighted by Gasteiger charge is -2.21. The SMILES string of the molecule is C=CCOc1ccccc1CN=C(NCC)NCC(C)CN1CCCC1.I. The van der Waals surface area contributed by atoms with Crippen molar-refractivity contribution in [1.82, 2.24) is 15.5 Å². The smallest absolute Gasteiger partial charge is 0.191 e. The van der Waals surface area contributed by atoms with Crippen LogP contribution in [0.15, 0.2) is 41.9 Å². The van der Waals surface area contributed by atoms with Crippen molar-refractivity contribution in [3.8, 4) is 5.75 Å². The van der Waals surface area contributed by atoms with Gasteiger partial charge in [-0.2, -0.15) is 0 Å². The first-order valence-electron chi connectivity index (χ1n) is 9.79. The zero-order valence-electron chi connectivity index (χ0n) is 16.7. The molecule has 1 saturated heterocycles. The van der Waals surface area contributed by atoms with E-state index in [1.54, 1.807) is 6.08 Å². The van der Waals surface area contributed by atoms with Gasteiger partial charge in [0.05, 0.1) is 6.54 Å². The van der Waals surface area contributed by atoms with Crippen molar-refractivity contribution >= 4 is 29.9 Å². The van der Waals surface area contributed by atoms with Gasteiger partial charge in [0.2, 0.25) is 0 Å². The van der Waals surface area contributed by atoms with Gasteiger partial charge < -0.3 is 20.3 Å². The van der Waals surface area contributed by atoms with Crippen LogP contribution in [0.4, 0.5) is 0 Å². The van der Waals surface area contributed by atoms with Crippen molar-refractivity contribution in [2.24, 2.45) is 10.9 Å². The monoisotopic (exact) mass is 486 g/mol. The number of likely N-dealkylation sites (tertiary alicyclic amines) is 1. The van der Waals surface area contributed by atoms with Crippen LogP contribution in [0, 0.1) is 5.92 Å². The number of nitrogens with one attached hydrogen (secondary N) is 2. The summed E-state index contributed by atoms with van der Waals surface area (Å²) in [6.45, 7) is 14.6. The molecule has 1 heterocycles. The number of aliphatic imine (C=N–C) groups is 1. The van der Waals surface area contributed by atoms with E-state index in [0.29, 0.717) is 19.1 Å². The first-order chi connectivity index (χ1) is 12.7. The summed E-state index contributed by atoms with van der Waals surface area (Å²) in [7, 11) is 0. The molecule has 1 aliphatic rings. The normalized spacial score (nSPS) is 15.7. The average molecular weight is 486 g/mol. The lowest BCUT2D eigenvalue weighted by molar-refractivity contribution is 0.287. The number of guanidine groups is 1. The van der Waals surface area contributed by atoms with E-state index >= 15 is 0 Å². The Morgan fingerprint density at radius 1 is 1.30 bits per heavy atom. The highest BCUT2D eigenvalue weighted by atomic mass is 127. The zero-order valence-corrected chi connectivity index (χ0v) is 19.1. The zero-order chi connectivity index (χ0) is 18.6. The number of benzene rings is 1. The third-order valence-corrected chi connectivity index (χ3v) is 4.47. The number of ether oxygens (including phenoxy) is 1. The second-order valence-corrected chi connectivity index (χ2v) is 6.90. The number of hydrogen-bond donors (Lipinski definition) is 2. The summed E-state index contributed by atoms with van der Waals surface area (Å²) in [5, 5.41) is 6.82. The van der Waals surface area contributed by atoms with Crippen molar-refractivity contribution in [3.05, 3.63) is 42.5 Å². The fourth-order valence-electron chi connectivity index (χ4n) is 3.17. The number of nitrogens with zero attached hydrogens (tertiary/aromatic N) is 2. The summed E-state index contributed by atoms with van der Waals surface area (Å²) in [5.74, 6) is 2.33. The molecule has 2 N–H and O–H groups in total. The lowest BCUT2D eigenvalue weighted by Crippen LogP contribution is -2.41. The number of halogens is 1. The van der Waals surface area contributed by atoms with Crippen molar-refractivity contribution in [2.75, 3.05) is 39.3 Å². The van der Waals surface area contributed by atoms with Gasteiger partial charge >= 0.3 is 0 Å². The van der Waals surface area contributed by atoms with Gasteiger partial charge in [-0.3, -0.25) is 0 Å². The van der Waals surface area contributed by atoms with Crippen LogP contribution >= 0.6 is 24.0 Å². The molecule has 27 heavy (non-hydrogen) atoms. The van der Waals surface area contributed by atoms with E-state index in [2.05, 4.69) is 42.0 Å². The molecule has 1 aliphatic heterocycles. The van der Waals surface area contributed by atoms with Crippen LogP contribution in [0.1, 0.15) is 32.3 Å². The van der Waals surface area contributed by atoms with Crippen molar-refractivity contribution in [2.45, 2.75) is 33.2 Å². The Kier molecular flexibility index (Phi) is 12.2. The molecule has 0 amide bonds. The highest BCUT2D eigenvalue weighted by molar-refractivity contribution is 14.0. The van der Waals surface area contributed by atoms with Gasteiger partial charge in [-0.05, 0) is 44.8 Å². The molecule has 1 fully saturated rings. The first kappa shape index (κ1) is 23.8. The molecule has 0 aromatic heterocycles. The van der Waals surface area contributed by atoms with Crippen LogP contribution < -0.4 is 15.4 Å². The Labute approximate surface area is 181 Å². The van der Waals surface area contributed by atoms with Crippen LogP contribution in [0.5, 0.6) is 5.75 Å². The topological polar surface area (TPSA) is 48.9 Å². The van der Waals surface area contributed by atoms with E-state index < -0.39 is 0 Å². The second-order valence-electron chi connectivity index (χ2n) is 6.90. The minimum Gasteiger partial charge on any atom is -0.489 e. The molecule has 0 saturated carbocycles. The quantitative estimate of drug-likeness (QED) is 0.230. The molecule has 2 rings (SSSR count). The maximum absolute atomic E-state index is 5.72. The Morgan fingerprint density at radius 3 is 2.74 bits per heavy atom. The van der Waals surface area contributed by atoms with E-state index in [-0.39, 0.29) is 24.0 Å². The minimum absolute atomic E-state index is 0. The molecular formula is C21H35IN4O. The van der Waals surface area contributed by atoms with Crippen LogP contribution in [0.25, 0.3) is 0 Å². The number of para-hydroxylation sites is 1. The summed E-state index contributed by atoms with van der Waals surface area (Å²) in [6, 6.07) is 8.04. The molecule has 0 bridgehead atoms. The molecule has 1 aromatic rings. The van der Waals surface area contributed by atoms with Gasteiger partial charge in [0.15, 0.2) is 5.96 Å². The summed E-state index contributed by atoms with van der Waals surface area (Å²) in [6.07, 6.45) is 4.45. The number of rotatable bonds is 10. The van der Waals surface area contributed by atoms with E-state index in [4.69, 9.17) is 9.73 Å². The van der Waals surface area contributed by atoms with Gasteiger partial charge in [0.1, 0.15) is 12.4 Å². The highest BCUT2D eigenvalue weighted by Gasteiger charge is 2.14. The third-order valence-electron chi connectivity index (χ3n) is 4.47. The highest BCUT2D eigenvalue weighted by Crippen LogP contribution is 2.18. The van der Waals surface area contributed by atoms with Gasteiger partial charge in [-0.15, -0.1) is 24.0 Å². The molecule has 0 aliphatic carbocycles. The Balaban J connectivity index is 0.00000364. The molecular weight excluding hydrogens is 451 g/mol. The van der Waals surface area contributed by atoms with Crippen LogP contribution in [0.2, 0.25) is 0 Å². The van der Waals surface area contributed by atoms with Crippen LogP contribution in [-0.2, 0) is 6.54 Å². The predicted octanol–water partition coefficient (Wildman–Crippen LogP) is 3.66. The minimum atomic E-state index is 0. The molecule has 152 valence electrons. The van der Waals surface area contributed by atoms with Gasteiger partial charge in [-0.1, -0.05) is 37.8 Å². The van der Waals surface area contributed by atoms with Gasteiger partial charge in [-0.25, -0.2) is 4.99 Å². The molecule has 1 unspecified atom stereocenters. The molecule has 5 nitrogen and oxygen atoms in total. The van der Waals surface area contributed by atoms with Gasteiger partial charge in [0.25, 0.3) is 0 Å². The fraction of sp³-hybridized carbons (Fsp3) is 0.571. The largest absolute Gasteiger partial charge is 0.489 e. The maximum Gasteiger partial charge on any atom is 0.191 e. The molecule has 6 heteroatoms. The standard InChI is InChI=1S/C21H34N4O.HI/c1-4-14-26-20-11-7-6-10-19(20)16-24-21(22-5-2)23-15-18(3)17-25-12-8-9-13-25;/h4,6-7,10-11,18H,1,5,8-9,12-17H2,2-3H3,(H2,22,23,24);1H. The van der Waals surface area contributed by atoms with Gasteiger partial charge in [0, 0.05) is 25.2 Å².